The molecular weight excluding hydrogens is 242 g/mol. The van der Waals surface area contributed by atoms with E-state index in [-0.39, 0.29) is 5.48 Å². The van der Waals surface area contributed by atoms with E-state index in [9.17, 15) is 34.5 Å². The fraction of sp³-hybridized carbons (Fsp3) is 0.333. The molecule has 0 aliphatic heterocycles. The zero-order valence-corrected chi connectivity index (χ0v) is 7.25. The van der Waals surface area contributed by atoms with Crippen molar-refractivity contribution < 1.29 is 45.1 Å². The summed E-state index contributed by atoms with van der Waals surface area (Å²) in [4.78, 5) is 0. The maximum Gasteiger partial charge on any atom is 0.673 e. The van der Waals surface area contributed by atoms with Gasteiger partial charge in [-0.15, -0.1) is 0 Å². The van der Waals surface area contributed by atoms with E-state index in [2.05, 4.69) is 6.58 Å². The van der Waals surface area contributed by atoms with Gasteiger partial charge < -0.3 is 45.1 Å². The minimum absolute atomic E-state index is 0. The fourth-order valence-corrected chi connectivity index (χ4v) is 0. The molecule has 0 saturated heterocycles. The molecule has 0 radical (unpaired) electrons. The van der Waals surface area contributed by atoms with E-state index < -0.39 is 14.5 Å². The van der Waals surface area contributed by atoms with Crippen LogP contribution in [0.5, 0.6) is 0 Å². The van der Waals surface area contributed by atoms with Crippen molar-refractivity contribution in [3.63, 3.8) is 0 Å². The Hall–Kier alpha value is -0.770. The lowest BCUT2D eigenvalue weighted by molar-refractivity contribution is 0.343. The summed E-state index contributed by atoms with van der Waals surface area (Å²) in [5, 5.41) is 6.33. The van der Waals surface area contributed by atoms with E-state index in [0.717, 1.165) is 0 Å². The maximum absolute atomic E-state index is 9.75. The van der Waals surface area contributed by atoms with E-state index >= 15 is 0 Å². The van der Waals surface area contributed by atoms with Gasteiger partial charge in [-0.3, -0.25) is 0 Å². The first-order valence-electron chi connectivity index (χ1n) is 2.92. The standard InChI is InChI=1S/C3H6O.2BF4.H2O/c1-2-3-4;2*2-1(3,4)5;/h2,4H,1,3H2;;;1H2/q;2*-1;/p+2. The second kappa shape index (κ2) is 11.3. The lowest BCUT2D eigenvalue weighted by atomic mass is 10.3. The Kier molecular flexibility index (Phi) is 17.9. The van der Waals surface area contributed by atoms with Crippen molar-refractivity contribution in [1.82, 2.24) is 0 Å². The van der Waals surface area contributed by atoms with Crippen LogP contribution in [0.3, 0.4) is 0 Å². The van der Waals surface area contributed by atoms with Gasteiger partial charge in [0, 0.05) is 0 Å². The Labute approximate surface area is 80.1 Å². The topological polar surface area (TPSA) is 55.9 Å². The molecule has 0 bridgehead atoms. The van der Waals surface area contributed by atoms with Crippen molar-refractivity contribution >= 4 is 14.5 Å². The second-order valence-corrected chi connectivity index (χ2v) is 1.48. The molecule has 96 valence electrons. The summed E-state index contributed by atoms with van der Waals surface area (Å²) in [5.74, 6) is 0. The summed E-state index contributed by atoms with van der Waals surface area (Å²) >= 11 is 0. The summed E-state index contributed by atoms with van der Waals surface area (Å²) in [6.07, 6.45) is 1.54. The quantitative estimate of drug-likeness (QED) is 0.294. The van der Waals surface area contributed by atoms with Crippen LogP contribution in [0.15, 0.2) is 12.7 Å². The molecule has 0 aromatic carbocycles. The normalized spacial score (nSPS) is 9.67. The minimum atomic E-state index is -6.00. The second-order valence-electron chi connectivity index (χ2n) is 1.48. The van der Waals surface area contributed by atoms with Crippen LogP contribution in [0, 0.1) is 0 Å². The first-order valence-corrected chi connectivity index (χ1v) is 2.92. The van der Waals surface area contributed by atoms with E-state index in [1.165, 1.54) is 0 Å². The molecule has 15 heavy (non-hydrogen) atoms. The Morgan fingerprint density at radius 1 is 0.867 bits per heavy atom. The van der Waals surface area contributed by atoms with Gasteiger partial charge in [-0.1, -0.05) is 6.58 Å². The van der Waals surface area contributed by atoms with E-state index in [4.69, 9.17) is 5.11 Å². The Bertz CT molecular complexity index is 109. The molecule has 0 saturated carbocycles. The largest absolute Gasteiger partial charge is 0.673 e. The number of hydrogen-bond acceptors (Lipinski definition) is 0. The van der Waals surface area contributed by atoms with Crippen LogP contribution >= 0.6 is 0 Å². The van der Waals surface area contributed by atoms with E-state index in [1.54, 1.807) is 6.08 Å². The maximum atomic E-state index is 9.75. The SMILES string of the molecule is C=CC[OH2+].F[B-](F)(F)F.F[B-](F)(F)F.[OH3+]. The van der Waals surface area contributed by atoms with Gasteiger partial charge in [-0.05, 0) is 6.08 Å². The number of rotatable bonds is 1. The van der Waals surface area contributed by atoms with Gasteiger partial charge in [0.1, 0.15) is 0 Å². The van der Waals surface area contributed by atoms with Gasteiger partial charge in [-0.25, -0.2) is 0 Å². The average Bonchev–Trinajstić information content (AvgIpc) is 1.79. The van der Waals surface area contributed by atoms with Gasteiger partial charge in [0.2, 0.25) is 0 Å². The third-order valence-corrected chi connectivity index (χ3v) is 0.144. The summed E-state index contributed by atoms with van der Waals surface area (Å²) < 4.78 is 78.0. The van der Waals surface area contributed by atoms with E-state index in [1.807, 2.05) is 0 Å². The van der Waals surface area contributed by atoms with Crippen molar-refractivity contribution in [3.05, 3.63) is 12.7 Å². The minimum Gasteiger partial charge on any atom is -0.457 e. The fourth-order valence-electron chi connectivity index (χ4n) is 0. The van der Waals surface area contributed by atoms with Crippen LogP contribution in [0.2, 0.25) is 0 Å². The zero-order chi connectivity index (χ0) is 12.4. The van der Waals surface area contributed by atoms with Crippen LogP contribution < -0.4 is 0 Å². The first kappa shape index (κ1) is 23.8. The Balaban J connectivity index is -0.0000000590. The summed E-state index contributed by atoms with van der Waals surface area (Å²) in [7, 11) is -12.0. The third kappa shape index (κ3) is 31600. The molecule has 0 heterocycles. The van der Waals surface area contributed by atoms with Crippen molar-refractivity contribution in [2.24, 2.45) is 0 Å². The molecule has 5 N–H and O–H groups in total. The monoisotopic (exact) mass is 252 g/mol. The summed E-state index contributed by atoms with van der Waals surface area (Å²) in [6.45, 7) is 3.62. The third-order valence-electron chi connectivity index (χ3n) is 0.144. The van der Waals surface area contributed by atoms with Crippen molar-refractivity contribution in [1.29, 1.82) is 0 Å². The molecule has 0 spiro atoms. The van der Waals surface area contributed by atoms with Gasteiger partial charge in [-0.2, -0.15) is 0 Å². The molecule has 0 rings (SSSR count). The molecule has 0 aliphatic rings. The lowest BCUT2D eigenvalue weighted by Gasteiger charge is -1.94. The zero-order valence-electron chi connectivity index (χ0n) is 7.25. The predicted octanol–water partition coefficient (Wildman–Crippen LogP) is 1.58. The van der Waals surface area contributed by atoms with Crippen LogP contribution in [-0.4, -0.2) is 26.2 Å². The molecule has 0 atom stereocenters. The molecule has 12 heteroatoms. The highest BCUT2D eigenvalue weighted by Gasteiger charge is 2.21. The highest BCUT2D eigenvalue weighted by atomic mass is 19.5. The van der Waals surface area contributed by atoms with Crippen LogP contribution in [-0.2, 0) is 5.48 Å². The smallest absolute Gasteiger partial charge is 0.457 e. The predicted molar refractivity (Wildman–Crippen MR) is 43.9 cm³/mol. The van der Waals surface area contributed by atoms with Crippen molar-refractivity contribution in [3.8, 4) is 0 Å². The van der Waals surface area contributed by atoms with Gasteiger partial charge in [0.25, 0.3) is 0 Å². The van der Waals surface area contributed by atoms with E-state index in [0.29, 0.717) is 6.61 Å². The molecule has 0 aromatic heterocycles. The summed E-state index contributed by atoms with van der Waals surface area (Å²) in [6, 6.07) is 0. The van der Waals surface area contributed by atoms with Crippen LogP contribution in [0.4, 0.5) is 34.5 Å². The van der Waals surface area contributed by atoms with Crippen LogP contribution in [0.25, 0.3) is 0 Å². The molecule has 0 aromatic rings. The Morgan fingerprint density at radius 3 is 0.933 bits per heavy atom. The highest BCUT2D eigenvalue weighted by Crippen LogP contribution is 2.07. The van der Waals surface area contributed by atoms with Gasteiger partial charge in [0.15, 0.2) is 6.61 Å². The van der Waals surface area contributed by atoms with Gasteiger partial charge in [0.05, 0.1) is 0 Å². The number of hydrogen-bond donors (Lipinski definition) is 0. The van der Waals surface area contributed by atoms with Crippen molar-refractivity contribution in [2.45, 2.75) is 0 Å². The molecule has 0 amide bonds. The molecule has 0 aliphatic carbocycles. The average molecular weight is 252 g/mol. The highest BCUT2D eigenvalue weighted by molar-refractivity contribution is 6.50. The van der Waals surface area contributed by atoms with Crippen molar-refractivity contribution in [2.75, 3.05) is 6.61 Å². The Morgan fingerprint density at radius 2 is 0.933 bits per heavy atom. The summed E-state index contributed by atoms with van der Waals surface area (Å²) in [5.41, 5.74) is 0. The van der Waals surface area contributed by atoms with Gasteiger partial charge >= 0.3 is 14.5 Å². The first-order chi connectivity index (χ1) is 5.91. The molecular formula is C3H10B2F8O2. The molecule has 0 unspecified atom stereocenters. The number of halogens is 8. The lowest BCUT2D eigenvalue weighted by Crippen LogP contribution is -2.02. The van der Waals surface area contributed by atoms with Crippen LogP contribution in [0.1, 0.15) is 0 Å². The molecule has 0 fully saturated rings. The molecule has 2 nitrogen and oxygen atoms in total.